The summed E-state index contributed by atoms with van der Waals surface area (Å²) < 4.78 is 0. The van der Waals surface area contributed by atoms with E-state index < -0.39 is 0 Å². The Morgan fingerprint density at radius 3 is 2.07 bits per heavy atom. The zero-order valence-corrected chi connectivity index (χ0v) is 10.4. The molecule has 0 heterocycles. The van der Waals surface area contributed by atoms with Crippen LogP contribution in [0.1, 0.15) is 60.3 Å². The van der Waals surface area contributed by atoms with E-state index >= 15 is 0 Å². The molecule has 2 atom stereocenters. The SMILES string of the molecule is CCCC(C)CCC(=C(C)C)C(C)O. The van der Waals surface area contributed by atoms with Crippen LogP contribution in [-0.4, -0.2) is 11.2 Å². The minimum absolute atomic E-state index is 0.270. The zero-order valence-electron chi connectivity index (χ0n) is 10.4. The lowest BCUT2D eigenvalue weighted by atomic mass is 9.93. The summed E-state index contributed by atoms with van der Waals surface area (Å²) in [6, 6.07) is 0. The Hall–Kier alpha value is -0.300. The lowest BCUT2D eigenvalue weighted by Gasteiger charge is -2.16. The van der Waals surface area contributed by atoms with Crippen LogP contribution in [0, 0.1) is 5.92 Å². The number of rotatable bonds is 6. The Kier molecular flexibility index (Phi) is 6.90. The van der Waals surface area contributed by atoms with Crippen LogP contribution in [0.25, 0.3) is 0 Å². The third-order valence-corrected chi connectivity index (χ3v) is 2.83. The molecule has 0 saturated carbocycles. The molecule has 1 heteroatoms. The maximum atomic E-state index is 9.57. The minimum atomic E-state index is -0.270. The molecule has 0 aromatic carbocycles. The van der Waals surface area contributed by atoms with Gasteiger partial charge in [0.1, 0.15) is 0 Å². The summed E-state index contributed by atoms with van der Waals surface area (Å²) in [5.41, 5.74) is 2.51. The largest absolute Gasteiger partial charge is 0.389 e. The van der Waals surface area contributed by atoms with Crippen LogP contribution in [0.3, 0.4) is 0 Å². The lowest BCUT2D eigenvalue weighted by Crippen LogP contribution is -2.08. The average molecular weight is 198 g/mol. The summed E-state index contributed by atoms with van der Waals surface area (Å²) in [6.07, 6.45) is 4.56. The molecular formula is C13H26O. The van der Waals surface area contributed by atoms with Crippen LogP contribution in [0.5, 0.6) is 0 Å². The van der Waals surface area contributed by atoms with Gasteiger partial charge in [-0.1, -0.05) is 32.3 Å². The van der Waals surface area contributed by atoms with Gasteiger partial charge in [0.25, 0.3) is 0 Å². The third-order valence-electron chi connectivity index (χ3n) is 2.83. The standard InChI is InChI=1S/C13H26O/c1-6-7-11(4)8-9-13(10(2)3)12(5)14/h11-12,14H,6-9H2,1-5H3. The van der Waals surface area contributed by atoms with Crippen molar-refractivity contribution in [3.05, 3.63) is 11.1 Å². The molecular weight excluding hydrogens is 172 g/mol. The summed E-state index contributed by atoms with van der Waals surface area (Å²) in [7, 11) is 0. The maximum Gasteiger partial charge on any atom is 0.0724 e. The maximum absolute atomic E-state index is 9.57. The van der Waals surface area contributed by atoms with Gasteiger partial charge in [-0.05, 0) is 45.1 Å². The van der Waals surface area contributed by atoms with E-state index in [1.807, 2.05) is 6.92 Å². The van der Waals surface area contributed by atoms with Crippen molar-refractivity contribution in [3.8, 4) is 0 Å². The molecule has 0 aliphatic rings. The van der Waals surface area contributed by atoms with E-state index in [0.717, 1.165) is 12.3 Å². The number of allylic oxidation sites excluding steroid dienone is 1. The van der Waals surface area contributed by atoms with Gasteiger partial charge in [-0.3, -0.25) is 0 Å². The molecule has 0 aromatic heterocycles. The molecule has 0 bridgehead atoms. The first kappa shape index (κ1) is 13.7. The second-order valence-electron chi connectivity index (χ2n) is 4.63. The Morgan fingerprint density at radius 2 is 1.71 bits per heavy atom. The fourth-order valence-electron chi connectivity index (χ4n) is 1.92. The van der Waals surface area contributed by atoms with Gasteiger partial charge in [0.15, 0.2) is 0 Å². The van der Waals surface area contributed by atoms with Crippen molar-refractivity contribution < 1.29 is 5.11 Å². The second-order valence-corrected chi connectivity index (χ2v) is 4.63. The van der Waals surface area contributed by atoms with Gasteiger partial charge < -0.3 is 5.11 Å². The monoisotopic (exact) mass is 198 g/mol. The van der Waals surface area contributed by atoms with Crippen LogP contribution < -0.4 is 0 Å². The van der Waals surface area contributed by atoms with Crippen molar-refractivity contribution in [1.29, 1.82) is 0 Å². The highest BCUT2D eigenvalue weighted by molar-refractivity contribution is 5.13. The van der Waals surface area contributed by atoms with Crippen molar-refractivity contribution in [1.82, 2.24) is 0 Å². The average Bonchev–Trinajstić information content (AvgIpc) is 2.03. The van der Waals surface area contributed by atoms with Gasteiger partial charge in [0.05, 0.1) is 6.10 Å². The highest BCUT2D eigenvalue weighted by Crippen LogP contribution is 2.20. The lowest BCUT2D eigenvalue weighted by molar-refractivity contribution is 0.223. The molecule has 0 rings (SSSR count). The van der Waals surface area contributed by atoms with Gasteiger partial charge in [-0.15, -0.1) is 0 Å². The zero-order chi connectivity index (χ0) is 11.1. The van der Waals surface area contributed by atoms with Crippen molar-refractivity contribution in [3.63, 3.8) is 0 Å². The van der Waals surface area contributed by atoms with Crippen molar-refractivity contribution >= 4 is 0 Å². The Labute approximate surface area is 89.2 Å². The van der Waals surface area contributed by atoms with E-state index in [-0.39, 0.29) is 6.10 Å². The van der Waals surface area contributed by atoms with Crippen LogP contribution in [0.2, 0.25) is 0 Å². The molecule has 1 nitrogen and oxygen atoms in total. The van der Waals surface area contributed by atoms with Gasteiger partial charge in [0.2, 0.25) is 0 Å². The van der Waals surface area contributed by atoms with E-state index in [4.69, 9.17) is 0 Å². The summed E-state index contributed by atoms with van der Waals surface area (Å²) in [5, 5.41) is 9.57. The Morgan fingerprint density at radius 1 is 1.14 bits per heavy atom. The summed E-state index contributed by atoms with van der Waals surface area (Å²) in [6.45, 7) is 10.6. The van der Waals surface area contributed by atoms with Gasteiger partial charge in [0, 0.05) is 0 Å². The molecule has 84 valence electrons. The Balaban J connectivity index is 4.03. The van der Waals surface area contributed by atoms with E-state index in [1.165, 1.54) is 30.4 Å². The fourth-order valence-corrected chi connectivity index (χ4v) is 1.92. The third kappa shape index (κ3) is 5.43. The predicted octanol–water partition coefficient (Wildman–Crippen LogP) is 3.92. The molecule has 0 spiro atoms. The highest BCUT2D eigenvalue weighted by Gasteiger charge is 2.09. The minimum Gasteiger partial charge on any atom is -0.389 e. The van der Waals surface area contributed by atoms with E-state index in [2.05, 4.69) is 27.7 Å². The molecule has 0 aliphatic heterocycles. The number of aliphatic hydroxyl groups is 1. The van der Waals surface area contributed by atoms with Crippen LogP contribution in [0.15, 0.2) is 11.1 Å². The fraction of sp³-hybridized carbons (Fsp3) is 0.846. The molecule has 14 heavy (non-hydrogen) atoms. The first-order valence-corrected chi connectivity index (χ1v) is 5.83. The van der Waals surface area contributed by atoms with Crippen LogP contribution >= 0.6 is 0 Å². The first-order valence-electron chi connectivity index (χ1n) is 5.83. The molecule has 0 radical (unpaired) electrons. The summed E-state index contributed by atoms with van der Waals surface area (Å²) in [5.74, 6) is 0.785. The van der Waals surface area contributed by atoms with Crippen molar-refractivity contribution in [2.75, 3.05) is 0 Å². The van der Waals surface area contributed by atoms with Crippen LogP contribution in [-0.2, 0) is 0 Å². The van der Waals surface area contributed by atoms with Gasteiger partial charge in [-0.25, -0.2) is 0 Å². The van der Waals surface area contributed by atoms with E-state index in [0.29, 0.717) is 0 Å². The van der Waals surface area contributed by atoms with Crippen LogP contribution in [0.4, 0.5) is 0 Å². The molecule has 0 aliphatic carbocycles. The topological polar surface area (TPSA) is 20.2 Å². The predicted molar refractivity (Wildman–Crippen MR) is 63.4 cm³/mol. The molecule has 0 saturated heterocycles. The normalized spacial score (nSPS) is 15.0. The highest BCUT2D eigenvalue weighted by atomic mass is 16.3. The molecule has 0 aromatic rings. The molecule has 0 amide bonds. The van der Waals surface area contributed by atoms with Gasteiger partial charge >= 0.3 is 0 Å². The number of aliphatic hydroxyl groups excluding tert-OH is 1. The Bertz CT molecular complexity index is 176. The van der Waals surface area contributed by atoms with Crippen molar-refractivity contribution in [2.24, 2.45) is 5.92 Å². The molecule has 0 fully saturated rings. The molecule has 1 N–H and O–H groups in total. The van der Waals surface area contributed by atoms with E-state index in [9.17, 15) is 5.11 Å². The molecule has 2 unspecified atom stereocenters. The number of hydrogen-bond donors (Lipinski definition) is 1. The second kappa shape index (κ2) is 7.05. The first-order chi connectivity index (χ1) is 6.49. The van der Waals surface area contributed by atoms with E-state index in [1.54, 1.807) is 0 Å². The quantitative estimate of drug-likeness (QED) is 0.641. The van der Waals surface area contributed by atoms with Gasteiger partial charge in [-0.2, -0.15) is 0 Å². The summed E-state index contributed by atoms with van der Waals surface area (Å²) in [4.78, 5) is 0. The number of hydrogen-bond acceptors (Lipinski definition) is 1. The van der Waals surface area contributed by atoms with Crippen molar-refractivity contribution in [2.45, 2.75) is 66.4 Å². The summed E-state index contributed by atoms with van der Waals surface area (Å²) >= 11 is 0. The smallest absolute Gasteiger partial charge is 0.0724 e.